The Labute approximate surface area is 143 Å². The van der Waals surface area contributed by atoms with E-state index in [9.17, 15) is 70.7 Å². The van der Waals surface area contributed by atoms with Crippen LogP contribution in [0.25, 0.3) is 0 Å². The maximum atomic E-state index is 13.2. The molecule has 0 saturated heterocycles. The van der Waals surface area contributed by atoms with E-state index < -0.39 is 60.8 Å². The summed E-state index contributed by atoms with van der Waals surface area (Å²) >= 11 is 0. The van der Waals surface area contributed by atoms with Gasteiger partial charge in [0.15, 0.2) is 0 Å². The average molecular weight is 457 g/mol. The fraction of sp³-hybridized carbons (Fsp3) is 0.900. The van der Waals surface area contributed by atoms with Gasteiger partial charge in [0.1, 0.15) is 6.61 Å². The standard InChI is InChI=1S/C10H6F15NO2/c11-4(12,3(27)28-2-1-26)5(13,14)6(15,16)7(17,18)8(19,20)9(21,22)10(23,24)25/h1-2,26H2. The normalized spacial score (nSPS) is 15.6. The second-order valence-electron chi connectivity index (χ2n) is 4.87. The molecule has 0 aromatic heterocycles. The minimum absolute atomic E-state index is 0.907. The summed E-state index contributed by atoms with van der Waals surface area (Å²) in [7, 11) is 0. The van der Waals surface area contributed by atoms with Crippen molar-refractivity contribution in [2.45, 2.75) is 41.7 Å². The van der Waals surface area contributed by atoms with E-state index in [2.05, 4.69) is 10.5 Å². The zero-order valence-electron chi connectivity index (χ0n) is 12.5. The second-order valence-corrected chi connectivity index (χ2v) is 4.87. The van der Waals surface area contributed by atoms with Crippen molar-refractivity contribution in [1.29, 1.82) is 0 Å². The Balaban J connectivity index is 6.43. The van der Waals surface area contributed by atoms with E-state index in [-0.39, 0.29) is 0 Å². The second kappa shape index (κ2) is 7.01. The van der Waals surface area contributed by atoms with Crippen molar-refractivity contribution in [3.05, 3.63) is 0 Å². The molecule has 0 amide bonds. The van der Waals surface area contributed by atoms with Crippen LogP contribution in [0.3, 0.4) is 0 Å². The van der Waals surface area contributed by atoms with Crippen LogP contribution in [0.2, 0.25) is 0 Å². The molecule has 0 radical (unpaired) electrons. The third-order valence-corrected chi connectivity index (χ3v) is 2.94. The molecular formula is C10H6F15NO2. The van der Waals surface area contributed by atoms with E-state index in [1.54, 1.807) is 0 Å². The monoisotopic (exact) mass is 457 g/mol. The highest BCUT2D eigenvalue weighted by molar-refractivity contribution is 5.79. The van der Waals surface area contributed by atoms with Crippen LogP contribution in [0.15, 0.2) is 0 Å². The molecule has 0 aromatic rings. The van der Waals surface area contributed by atoms with Gasteiger partial charge < -0.3 is 10.5 Å². The van der Waals surface area contributed by atoms with Gasteiger partial charge in [-0.15, -0.1) is 0 Å². The molecule has 0 rings (SSSR count). The summed E-state index contributed by atoms with van der Waals surface area (Å²) < 4.78 is 195. The zero-order valence-corrected chi connectivity index (χ0v) is 12.5. The summed E-state index contributed by atoms with van der Waals surface area (Å²) in [5.74, 6) is -51.9. The van der Waals surface area contributed by atoms with Crippen molar-refractivity contribution in [2.75, 3.05) is 13.2 Å². The molecular weight excluding hydrogens is 451 g/mol. The van der Waals surface area contributed by atoms with Crippen LogP contribution in [-0.4, -0.2) is 60.8 Å². The van der Waals surface area contributed by atoms with E-state index in [4.69, 9.17) is 0 Å². The highest BCUT2D eigenvalue weighted by Crippen LogP contribution is 2.62. The van der Waals surface area contributed by atoms with Gasteiger partial charge in [-0.2, -0.15) is 65.9 Å². The first-order valence-electron chi connectivity index (χ1n) is 6.19. The van der Waals surface area contributed by atoms with Crippen LogP contribution in [0.5, 0.6) is 0 Å². The maximum Gasteiger partial charge on any atom is 0.460 e. The fourth-order valence-corrected chi connectivity index (χ4v) is 1.34. The van der Waals surface area contributed by atoms with E-state index >= 15 is 0 Å². The smallest absolute Gasteiger partial charge is 0.460 e. The predicted octanol–water partition coefficient (Wildman–Crippen LogP) is 3.86. The SMILES string of the molecule is NCCOC(=O)C(F)(F)C(F)(F)C(F)(F)C(F)(F)C(F)(F)C(F)(F)C(F)(F)F. The number of esters is 1. The molecule has 0 aliphatic heterocycles. The third kappa shape index (κ3) is 3.42. The van der Waals surface area contributed by atoms with Crippen molar-refractivity contribution < 1.29 is 75.4 Å². The number of halogens is 15. The molecule has 0 spiro atoms. The fourth-order valence-electron chi connectivity index (χ4n) is 1.34. The summed E-state index contributed by atoms with van der Waals surface area (Å²) in [5, 5.41) is 0. The van der Waals surface area contributed by atoms with Crippen LogP contribution in [-0.2, 0) is 9.53 Å². The van der Waals surface area contributed by atoms with Crippen LogP contribution in [0.1, 0.15) is 0 Å². The van der Waals surface area contributed by atoms with Gasteiger partial charge in [0.05, 0.1) is 0 Å². The molecule has 2 N–H and O–H groups in total. The molecule has 0 bridgehead atoms. The van der Waals surface area contributed by atoms with Gasteiger partial charge in [0, 0.05) is 6.54 Å². The lowest BCUT2D eigenvalue weighted by Gasteiger charge is -2.40. The van der Waals surface area contributed by atoms with Crippen molar-refractivity contribution in [2.24, 2.45) is 5.73 Å². The molecule has 0 aromatic carbocycles. The molecule has 0 aliphatic carbocycles. The Morgan fingerprint density at radius 1 is 0.607 bits per heavy atom. The van der Waals surface area contributed by atoms with E-state index in [0.29, 0.717) is 0 Å². The summed E-state index contributed by atoms with van der Waals surface area (Å²) in [6, 6.07) is 0. The van der Waals surface area contributed by atoms with Gasteiger partial charge in [0.2, 0.25) is 0 Å². The molecule has 0 saturated carbocycles. The minimum atomic E-state index is -8.44. The Morgan fingerprint density at radius 2 is 0.929 bits per heavy atom. The largest absolute Gasteiger partial charge is 0.460 e. The zero-order chi connectivity index (χ0) is 23.2. The molecule has 0 heterocycles. The van der Waals surface area contributed by atoms with Gasteiger partial charge >= 0.3 is 47.7 Å². The van der Waals surface area contributed by atoms with Crippen LogP contribution in [0, 0.1) is 0 Å². The molecule has 18 heteroatoms. The first-order chi connectivity index (χ1) is 12.0. The van der Waals surface area contributed by atoms with Crippen molar-refractivity contribution >= 4 is 5.97 Å². The first-order valence-corrected chi connectivity index (χ1v) is 6.19. The minimum Gasteiger partial charge on any atom is -0.460 e. The quantitative estimate of drug-likeness (QED) is 0.445. The first kappa shape index (κ1) is 26.4. The Hall–Kier alpha value is -1.62. The number of ether oxygens (including phenoxy) is 1. The van der Waals surface area contributed by atoms with Crippen molar-refractivity contribution in [3.8, 4) is 0 Å². The lowest BCUT2D eigenvalue weighted by atomic mass is 9.91. The summed E-state index contributed by atoms with van der Waals surface area (Å²) in [6.07, 6.45) is -7.69. The number of carbonyl (C=O) groups excluding carboxylic acids is 1. The van der Waals surface area contributed by atoms with Crippen LogP contribution >= 0.6 is 0 Å². The van der Waals surface area contributed by atoms with Gasteiger partial charge in [-0.3, -0.25) is 0 Å². The van der Waals surface area contributed by atoms with Crippen molar-refractivity contribution in [3.63, 3.8) is 0 Å². The summed E-state index contributed by atoms with van der Waals surface area (Å²) in [4.78, 5) is 10.6. The number of carbonyl (C=O) groups is 1. The molecule has 3 nitrogen and oxygen atoms in total. The maximum absolute atomic E-state index is 13.2. The molecule has 0 atom stereocenters. The van der Waals surface area contributed by atoms with Gasteiger partial charge in [-0.25, -0.2) is 4.79 Å². The van der Waals surface area contributed by atoms with E-state index in [1.165, 1.54) is 0 Å². The lowest BCUT2D eigenvalue weighted by molar-refractivity contribution is -0.450. The Bertz CT molecular complexity index is 582. The average Bonchev–Trinajstić information content (AvgIpc) is 2.50. The molecule has 28 heavy (non-hydrogen) atoms. The van der Waals surface area contributed by atoms with Gasteiger partial charge in [-0.1, -0.05) is 0 Å². The number of alkyl halides is 15. The highest BCUT2D eigenvalue weighted by Gasteiger charge is 2.94. The summed E-state index contributed by atoms with van der Waals surface area (Å²) in [6.45, 7) is -2.30. The topological polar surface area (TPSA) is 52.3 Å². The highest BCUT2D eigenvalue weighted by atomic mass is 19.4. The number of hydrogen-bond donors (Lipinski definition) is 1. The predicted molar refractivity (Wildman–Crippen MR) is 55.8 cm³/mol. The van der Waals surface area contributed by atoms with Gasteiger partial charge in [-0.05, 0) is 0 Å². The van der Waals surface area contributed by atoms with Gasteiger partial charge in [0.25, 0.3) is 0 Å². The lowest BCUT2D eigenvalue weighted by Crippen LogP contribution is -2.73. The Morgan fingerprint density at radius 3 is 1.25 bits per heavy atom. The summed E-state index contributed by atoms with van der Waals surface area (Å²) in [5.41, 5.74) is 4.56. The molecule has 0 unspecified atom stereocenters. The van der Waals surface area contributed by atoms with Crippen LogP contribution < -0.4 is 5.73 Å². The number of hydrogen-bond acceptors (Lipinski definition) is 3. The Kier molecular flexibility index (Phi) is 6.61. The van der Waals surface area contributed by atoms with Crippen LogP contribution in [0.4, 0.5) is 65.9 Å². The van der Waals surface area contributed by atoms with E-state index in [1.807, 2.05) is 0 Å². The number of nitrogens with two attached hydrogens (primary N) is 1. The molecule has 0 aliphatic rings. The van der Waals surface area contributed by atoms with Crippen molar-refractivity contribution in [1.82, 2.24) is 0 Å². The third-order valence-electron chi connectivity index (χ3n) is 2.94. The molecule has 0 fully saturated rings. The number of rotatable bonds is 8. The van der Waals surface area contributed by atoms with E-state index in [0.717, 1.165) is 0 Å². The molecule has 168 valence electrons.